The van der Waals surface area contributed by atoms with Gasteiger partial charge in [0.05, 0.1) is 17.0 Å². The number of carboxylic acids is 1. The molecule has 28 heavy (non-hydrogen) atoms. The maximum atomic E-state index is 13.2. The molecule has 0 aliphatic heterocycles. The van der Waals surface area contributed by atoms with Crippen LogP contribution in [0.1, 0.15) is 33.6 Å². The van der Waals surface area contributed by atoms with Crippen molar-refractivity contribution in [3.05, 3.63) is 70.9 Å². The van der Waals surface area contributed by atoms with Gasteiger partial charge in [0, 0.05) is 16.6 Å². The number of benzene rings is 2. The quantitative estimate of drug-likeness (QED) is 0.702. The molecule has 0 spiro atoms. The van der Waals surface area contributed by atoms with Crippen LogP contribution < -0.4 is 0 Å². The summed E-state index contributed by atoms with van der Waals surface area (Å²) >= 11 is 0. The van der Waals surface area contributed by atoms with E-state index in [1.165, 1.54) is 10.6 Å². The molecule has 0 fully saturated rings. The molecule has 144 valence electrons. The van der Waals surface area contributed by atoms with Gasteiger partial charge in [0.15, 0.2) is 0 Å². The van der Waals surface area contributed by atoms with Crippen LogP contribution in [0, 0.1) is 5.92 Å². The van der Waals surface area contributed by atoms with Crippen LogP contribution >= 0.6 is 0 Å². The molecular formula is C21H16F3NO3. The third-order valence-corrected chi connectivity index (χ3v) is 5.26. The van der Waals surface area contributed by atoms with Gasteiger partial charge in [-0.05, 0) is 55.2 Å². The van der Waals surface area contributed by atoms with E-state index >= 15 is 0 Å². The lowest BCUT2D eigenvalue weighted by Gasteiger charge is -2.20. The standard InChI is InChI=1S/C21H16F3NO3/c22-21(23,24)14-7-9-18-16(11-14)15-10-13(20(27)28)6-8-17(15)25(18)19(26)12-4-2-1-3-5-12/h1-5,7,9,11,13H,6,8,10H2,(H,27,28). The molecule has 4 nitrogen and oxygen atoms in total. The maximum absolute atomic E-state index is 13.2. The average Bonchev–Trinajstić information content (AvgIpc) is 3.00. The zero-order valence-electron chi connectivity index (χ0n) is 14.7. The molecule has 1 aliphatic carbocycles. The Balaban J connectivity index is 1.95. The fourth-order valence-corrected chi connectivity index (χ4v) is 3.89. The Morgan fingerprint density at radius 1 is 1.07 bits per heavy atom. The Bertz CT molecular complexity index is 1080. The Morgan fingerprint density at radius 2 is 1.79 bits per heavy atom. The number of carbonyl (C=O) groups is 2. The summed E-state index contributed by atoms with van der Waals surface area (Å²) in [6.07, 6.45) is -3.75. The zero-order chi connectivity index (χ0) is 20.1. The van der Waals surface area contributed by atoms with Crippen LogP contribution in [0.5, 0.6) is 0 Å². The minimum absolute atomic E-state index is 0.109. The predicted octanol–water partition coefficient (Wildman–Crippen LogP) is 4.54. The molecule has 2 aromatic carbocycles. The summed E-state index contributed by atoms with van der Waals surface area (Å²) in [7, 11) is 0. The number of hydrogen-bond donors (Lipinski definition) is 1. The summed E-state index contributed by atoms with van der Waals surface area (Å²) in [4.78, 5) is 24.5. The van der Waals surface area contributed by atoms with E-state index in [0.717, 1.165) is 12.1 Å². The zero-order valence-corrected chi connectivity index (χ0v) is 14.7. The average molecular weight is 387 g/mol. The summed E-state index contributed by atoms with van der Waals surface area (Å²) in [6, 6.07) is 11.8. The first-order chi connectivity index (χ1) is 13.3. The lowest BCUT2D eigenvalue weighted by Crippen LogP contribution is -2.24. The molecule has 1 heterocycles. The second-order valence-electron chi connectivity index (χ2n) is 6.94. The van der Waals surface area contributed by atoms with E-state index in [9.17, 15) is 27.9 Å². The van der Waals surface area contributed by atoms with E-state index in [0.29, 0.717) is 40.6 Å². The Hall–Kier alpha value is -3.09. The van der Waals surface area contributed by atoms with Gasteiger partial charge in [-0.15, -0.1) is 0 Å². The molecule has 1 unspecified atom stereocenters. The molecule has 0 radical (unpaired) electrons. The summed E-state index contributed by atoms with van der Waals surface area (Å²) in [5, 5.41) is 9.65. The smallest absolute Gasteiger partial charge is 0.416 e. The van der Waals surface area contributed by atoms with Crippen LogP contribution in [0.25, 0.3) is 10.9 Å². The first-order valence-electron chi connectivity index (χ1n) is 8.83. The number of halogens is 3. The second kappa shape index (κ2) is 6.51. The summed E-state index contributed by atoms with van der Waals surface area (Å²) in [5.41, 5.74) is 1.09. The molecule has 1 aliphatic rings. The van der Waals surface area contributed by atoms with Gasteiger partial charge in [-0.25, -0.2) is 0 Å². The van der Waals surface area contributed by atoms with Crippen molar-refractivity contribution >= 4 is 22.8 Å². The van der Waals surface area contributed by atoms with Crippen molar-refractivity contribution in [2.75, 3.05) is 0 Å². The van der Waals surface area contributed by atoms with Crippen LogP contribution in [0.3, 0.4) is 0 Å². The van der Waals surface area contributed by atoms with Crippen molar-refractivity contribution in [1.29, 1.82) is 0 Å². The van der Waals surface area contributed by atoms with E-state index in [-0.39, 0.29) is 12.3 Å². The van der Waals surface area contributed by atoms with E-state index in [1.54, 1.807) is 30.3 Å². The number of alkyl halides is 3. The van der Waals surface area contributed by atoms with Gasteiger partial charge in [0.25, 0.3) is 5.91 Å². The van der Waals surface area contributed by atoms with E-state index in [4.69, 9.17) is 0 Å². The van der Waals surface area contributed by atoms with Gasteiger partial charge < -0.3 is 5.11 Å². The van der Waals surface area contributed by atoms with Gasteiger partial charge in [-0.1, -0.05) is 18.2 Å². The minimum atomic E-state index is -4.52. The van der Waals surface area contributed by atoms with Gasteiger partial charge in [0.2, 0.25) is 0 Å². The summed E-state index contributed by atoms with van der Waals surface area (Å²) < 4.78 is 41.1. The van der Waals surface area contributed by atoms with E-state index in [1.807, 2.05) is 0 Å². The number of carboxylic acid groups (broad SMARTS) is 1. The van der Waals surface area contributed by atoms with Crippen LogP contribution in [0.2, 0.25) is 0 Å². The second-order valence-corrected chi connectivity index (χ2v) is 6.94. The molecule has 0 saturated carbocycles. The molecule has 1 N–H and O–H groups in total. The maximum Gasteiger partial charge on any atom is 0.416 e. The molecular weight excluding hydrogens is 371 g/mol. The van der Waals surface area contributed by atoms with Gasteiger partial charge in [0.1, 0.15) is 0 Å². The van der Waals surface area contributed by atoms with Crippen molar-refractivity contribution < 1.29 is 27.9 Å². The van der Waals surface area contributed by atoms with Crippen LogP contribution in [0.4, 0.5) is 13.2 Å². The largest absolute Gasteiger partial charge is 0.481 e. The third-order valence-electron chi connectivity index (χ3n) is 5.26. The predicted molar refractivity (Wildman–Crippen MR) is 96.3 cm³/mol. The van der Waals surface area contributed by atoms with Crippen LogP contribution in [-0.4, -0.2) is 21.6 Å². The highest BCUT2D eigenvalue weighted by molar-refractivity contribution is 6.04. The SMILES string of the molecule is O=C(O)C1CCc2c(c3cc(C(F)(F)F)ccc3n2C(=O)c2ccccc2)C1. The molecule has 1 atom stereocenters. The van der Waals surface area contributed by atoms with Crippen LogP contribution in [0.15, 0.2) is 48.5 Å². The Morgan fingerprint density at radius 3 is 2.43 bits per heavy atom. The van der Waals surface area contributed by atoms with Crippen molar-refractivity contribution in [1.82, 2.24) is 4.57 Å². The van der Waals surface area contributed by atoms with Crippen molar-refractivity contribution in [2.45, 2.75) is 25.4 Å². The molecule has 4 rings (SSSR count). The van der Waals surface area contributed by atoms with Crippen molar-refractivity contribution in [3.63, 3.8) is 0 Å². The fourth-order valence-electron chi connectivity index (χ4n) is 3.89. The molecule has 0 bridgehead atoms. The first-order valence-corrected chi connectivity index (χ1v) is 8.83. The first kappa shape index (κ1) is 18.3. The third kappa shape index (κ3) is 2.96. The van der Waals surface area contributed by atoms with Gasteiger partial charge >= 0.3 is 12.1 Å². The van der Waals surface area contributed by atoms with Gasteiger partial charge in [-0.2, -0.15) is 13.2 Å². The fraction of sp³-hybridized carbons (Fsp3) is 0.238. The minimum Gasteiger partial charge on any atom is -0.481 e. The van der Waals surface area contributed by atoms with Crippen LogP contribution in [-0.2, 0) is 23.8 Å². The normalized spacial score (nSPS) is 16.8. The number of fused-ring (bicyclic) bond motifs is 3. The highest BCUT2D eigenvalue weighted by Gasteiger charge is 2.34. The van der Waals surface area contributed by atoms with E-state index in [2.05, 4.69) is 0 Å². The molecule has 1 aromatic heterocycles. The monoisotopic (exact) mass is 387 g/mol. The number of nitrogens with zero attached hydrogens (tertiary/aromatic N) is 1. The number of aromatic nitrogens is 1. The van der Waals surface area contributed by atoms with E-state index < -0.39 is 23.6 Å². The summed E-state index contributed by atoms with van der Waals surface area (Å²) in [5.74, 6) is -1.98. The molecule has 3 aromatic rings. The number of aliphatic carboxylic acids is 1. The number of carbonyl (C=O) groups excluding carboxylic acids is 1. The molecule has 7 heteroatoms. The molecule has 0 amide bonds. The number of hydrogen-bond acceptors (Lipinski definition) is 2. The van der Waals surface area contributed by atoms with Gasteiger partial charge in [-0.3, -0.25) is 14.2 Å². The Labute approximate surface area is 158 Å². The Kier molecular flexibility index (Phi) is 4.25. The van der Waals surface area contributed by atoms with Crippen molar-refractivity contribution in [3.8, 4) is 0 Å². The lowest BCUT2D eigenvalue weighted by atomic mass is 9.86. The summed E-state index contributed by atoms with van der Waals surface area (Å²) in [6.45, 7) is 0. The topological polar surface area (TPSA) is 59.3 Å². The number of rotatable bonds is 2. The molecule has 0 saturated heterocycles. The van der Waals surface area contributed by atoms with Crippen molar-refractivity contribution in [2.24, 2.45) is 5.92 Å². The highest BCUT2D eigenvalue weighted by Crippen LogP contribution is 2.38. The lowest BCUT2D eigenvalue weighted by molar-refractivity contribution is -0.142. The highest BCUT2D eigenvalue weighted by atomic mass is 19.4.